The van der Waals surface area contributed by atoms with Gasteiger partial charge in [-0.1, -0.05) is 35.9 Å². The minimum absolute atomic E-state index is 0.00397. The molecule has 0 radical (unpaired) electrons. The van der Waals surface area contributed by atoms with E-state index in [1.54, 1.807) is 12.1 Å². The Hall–Kier alpha value is -2.73. The summed E-state index contributed by atoms with van der Waals surface area (Å²) in [6.45, 7) is 1.98. The molecule has 7 heteroatoms. The summed E-state index contributed by atoms with van der Waals surface area (Å²) in [5.74, 6) is 0.425. The van der Waals surface area contributed by atoms with Gasteiger partial charge in [-0.15, -0.1) is 0 Å². The number of rotatable bonds is 4. The van der Waals surface area contributed by atoms with Gasteiger partial charge in [0.05, 0.1) is 29.5 Å². The number of carbonyl (C=O) groups excluding carboxylic acids is 2. The molecule has 2 heterocycles. The van der Waals surface area contributed by atoms with Gasteiger partial charge in [0.25, 0.3) is 5.91 Å². The van der Waals surface area contributed by atoms with Crippen LogP contribution in [0.4, 0.5) is 11.4 Å². The average molecular weight is 414 g/mol. The van der Waals surface area contributed by atoms with Crippen molar-refractivity contribution in [1.82, 2.24) is 4.90 Å². The van der Waals surface area contributed by atoms with Crippen LogP contribution in [0.3, 0.4) is 0 Å². The van der Waals surface area contributed by atoms with E-state index >= 15 is 0 Å². The monoisotopic (exact) mass is 413 g/mol. The van der Waals surface area contributed by atoms with E-state index in [-0.39, 0.29) is 18.4 Å². The van der Waals surface area contributed by atoms with Crippen molar-refractivity contribution in [3.63, 3.8) is 0 Å². The Kier molecular flexibility index (Phi) is 5.90. The van der Waals surface area contributed by atoms with Crippen LogP contribution < -0.4 is 15.0 Å². The molecule has 152 valence electrons. The van der Waals surface area contributed by atoms with Crippen LogP contribution in [0.2, 0.25) is 5.02 Å². The minimum atomic E-state index is -0.615. The molecule has 1 fully saturated rings. The Morgan fingerprint density at radius 1 is 1.03 bits per heavy atom. The molecule has 2 aliphatic rings. The van der Waals surface area contributed by atoms with Crippen LogP contribution in [0.25, 0.3) is 0 Å². The molecule has 0 aromatic heterocycles. The average Bonchev–Trinajstić information content (AvgIpc) is 2.75. The first kappa shape index (κ1) is 19.6. The Bertz CT molecular complexity index is 898. The van der Waals surface area contributed by atoms with Crippen molar-refractivity contribution in [2.24, 2.45) is 0 Å². The fourth-order valence-electron chi connectivity index (χ4n) is 3.83. The van der Waals surface area contributed by atoms with Crippen LogP contribution in [-0.4, -0.2) is 49.0 Å². The van der Waals surface area contributed by atoms with Crippen molar-refractivity contribution in [2.45, 2.75) is 25.4 Å². The Labute approximate surface area is 175 Å². The second-order valence-corrected chi connectivity index (χ2v) is 7.78. The maximum absolute atomic E-state index is 13.0. The fourth-order valence-corrected chi connectivity index (χ4v) is 4.01. The molecular formula is C22H24ClN3O3. The van der Waals surface area contributed by atoms with Gasteiger partial charge in [-0.2, -0.15) is 0 Å². The number of fused-ring (bicyclic) bond motifs is 1. The van der Waals surface area contributed by atoms with Crippen LogP contribution in [0, 0.1) is 0 Å². The number of nitrogens with zero attached hydrogens (tertiary/aromatic N) is 2. The molecule has 2 aromatic rings. The molecule has 0 saturated carbocycles. The van der Waals surface area contributed by atoms with Crippen molar-refractivity contribution in [2.75, 3.05) is 36.4 Å². The molecule has 29 heavy (non-hydrogen) atoms. The number of halogens is 1. The summed E-state index contributed by atoms with van der Waals surface area (Å²) in [7, 11) is 0. The number of piperidine rings is 1. The van der Waals surface area contributed by atoms with Crippen molar-refractivity contribution >= 4 is 34.8 Å². The summed E-state index contributed by atoms with van der Waals surface area (Å²) in [6, 6.07) is 14.6. The van der Waals surface area contributed by atoms with Crippen molar-refractivity contribution in [1.29, 1.82) is 0 Å². The van der Waals surface area contributed by atoms with Gasteiger partial charge >= 0.3 is 0 Å². The minimum Gasteiger partial charge on any atom is -0.477 e. The summed E-state index contributed by atoms with van der Waals surface area (Å²) >= 11 is 6.14. The van der Waals surface area contributed by atoms with Crippen molar-refractivity contribution in [3.05, 3.63) is 53.6 Å². The van der Waals surface area contributed by atoms with Crippen LogP contribution in [0.15, 0.2) is 48.5 Å². The van der Waals surface area contributed by atoms with Gasteiger partial charge in [0.2, 0.25) is 5.91 Å². The van der Waals surface area contributed by atoms with Gasteiger partial charge in [0, 0.05) is 13.1 Å². The van der Waals surface area contributed by atoms with Gasteiger partial charge in [-0.25, -0.2) is 0 Å². The predicted molar refractivity (Wildman–Crippen MR) is 114 cm³/mol. The number of benzene rings is 2. The predicted octanol–water partition coefficient (Wildman–Crippen LogP) is 3.56. The maximum atomic E-state index is 13.0. The highest BCUT2D eigenvalue weighted by Crippen LogP contribution is 2.33. The molecule has 0 bridgehead atoms. The number of amides is 2. The summed E-state index contributed by atoms with van der Waals surface area (Å²) in [6.07, 6.45) is 2.60. The molecule has 1 unspecified atom stereocenters. The van der Waals surface area contributed by atoms with Gasteiger partial charge in [0.15, 0.2) is 6.10 Å². The van der Waals surface area contributed by atoms with E-state index in [1.165, 1.54) is 0 Å². The first-order valence-electron chi connectivity index (χ1n) is 9.95. The van der Waals surface area contributed by atoms with Crippen LogP contribution in [0.5, 0.6) is 5.75 Å². The molecule has 1 atom stereocenters. The highest BCUT2D eigenvalue weighted by molar-refractivity contribution is 6.33. The second kappa shape index (κ2) is 8.74. The zero-order chi connectivity index (χ0) is 20.2. The number of hydrogen-bond acceptors (Lipinski definition) is 4. The van der Waals surface area contributed by atoms with E-state index in [1.807, 2.05) is 46.2 Å². The number of likely N-dealkylation sites (tertiary alicyclic amines) is 1. The lowest BCUT2D eigenvalue weighted by molar-refractivity contribution is -0.139. The lowest BCUT2D eigenvalue weighted by Gasteiger charge is -2.38. The second-order valence-electron chi connectivity index (χ2n) is 7.37. The van der Waals surface area contributed by atoms with Gasteiger partial charge in [-0.05, 0) is 43.5 Å². The van der Waals surface area contributed by atoms with Crippen LogP contribution in [-0.2, 0) is 9.59 Å². The number of hydrogen-bond donors (Lipinski definition) is 1. The van der Waals surface area contributed by atoms with E-state index in [2.05, 4.69) is 5.32 Å². The van der Waals surface area contributed by atoms with Crippen molar-refractivity contribution < 1.29 is 14.3 Å². The lowest BCUT2D eigenvalue weighted by atomic mass is 10.1. The third-order valence-corrected chi connectivity index (χ3v) is 5.62. The Morgan fingerprint density at radius 3 is 2.55 bits per heavy atom. The zero-order valence-corrected chi connectivity index (χ0v) is 16.9. The van der Waals surface area contributed by atoms with E-state index in [4.69, 9.17) is 16.3 Å². The number of ether oxygens (including phenoxy) is 1. The summed E-state index contributed by atoms with van der Waals surface area (Å²) < 4.78 is 6.01. The molecule has 2 amide bonds. The zero-order valence-electron chi connectivity index (χ0n) is 16.1. The van der Waals surface area contributed by atoms with Gasteiger partial charge in [0.1, 0.15) is 5.75 Å². The quantitative estimate of drug-likeness (QED) is 0.832. The number of nitrogens with one attached hydrogen (secondary N) is 1. The van der Waals surface area contributed by atoms with E-state index in [0.717, 1.165) is 38.0 Å². The van der Waals surface area contributed by atoms with E-state index in [9.17, 15) is 9.59 Å². The first-order valence-corrected chi connectivity index (χ1v) is 10.3. The topological polar surface area (TPSA) is 61.9 Å². The smallest absolute Gasteiger partial charge is 0.265 e. The molecule has 1 saturated heterocycles. The largest absolute Gasteiger partial charge is 0.477 e. The number of anilines is 2. The number of para-hydroxylation sites is 3. The summed E-state index contributed by atoms with van der Waals surface area (Å²) in [4.78, 5) is 29.4. The Balaban J connectivity index is 1.49. The number of carbonyl (C=O) groups is 2. The normalized spacial score (nSPS) is 18.6. The highest BCUT2D eigenvalue weighted by Gasteiger charge is 2.34. The molecule has 2 aromatic carbocycles. The molecule has 4 rings (SSSR count). The molecule has 6 nitrogen and oxygen atoms in total. The van der Waals surface area contributed by atoms with Crippen LogP contribution in [0.1, 0.15) is 19.3 Å². The maximum Gasteiger partial charge on any atom is 0.265 e. The lowest BCUT2D eigenvalue weighted by Crippen LogP contribution is -2.52. The first-order chi connectivity index (χ1) is 14.1. The third-order valence-electron chi connectivity index (χ3n) is 5.29. The van der Waals surface area contributed by atoms with E-state index in [0.29, 0.717) is 23.0 Å². The summed E-state index contributed by atoms with van der Waals surface area (Å²) in [5.41, 5.74) is 1.38. The summed E-state index contributed by atoms with van der Waals surface area (Å²) in [5, 5.41) is 3.33. The SMILES string of the molecule is O=C(CN1CC(C(=O)N2CCCCC2)Oc2ccccc21)Nc1ccccc1Cl. The molecule has 2 aliphatic heterocycles. The highest BCUT2D eigenvalue weighted by atomic mass is 35.5. The van der Waals surface area contributed by atoms with Gasteiger partial charge in [-0.3, -0.25) is 9.59 Å². The molecule has 1 N–H and O–H groups in total. The molecule has 0 spiro atoms. The van der Waals surface area contributed by atoms with Crippen LogP contribution >= 0.6 is 11.6 Å². The fraction of sp³-hybridized carbons (Fsp3) is 0.364. The van der Waals surface area contributed by atoms with Gasteiger partial charge < -0.3 is 19.9 Å². The van der Waals surface area contributed by atoms with Crippen molar-refractivity contribution in [3.8, 4) is 5.75 Å². The van der Waals surface area contributed by atoms with E-state index < -0.39 is 6.10 Å². The Morgan fingerprint density at radius 2 is 1.76 bits per heavy atom. The molecule has 0 aliphatic carbocycles. The standard InChI is InChI=1S/C22H24ClN3O3/c23-16-8-2-3-9-17(16)24-21(27)15-26-14-20(22(28)25-12-6-1-7-13-25)29-19-11-5-4-10-18(19)26/h2-5,8-11,20H,1,6-7,12-15H2,(H,24,27). The molecular weight excluding hydrogens is 390 g/mol. The third kappa shape index (κ3) is 4.48.